The van der Waals surface area contributed by atoms with Crippen molar-refractivity contribution in [3.8, 4) is 0 Å². The second-order valence-corrected chi connectivity index (χ2v) is 5.89. The number of hydrogen-bond acceptors (Lipinski definition) is 3. The lowest BCUT2D eigenvalue weighted by molar-refractivity contribution is -0.132. The lowest BCUT2D eigenvalue weighted by Gasteiger charge is -2.25. The SMILES string of the molecule is O=C(Cn1nnc2ccccc21)N1CCC[C@H]1c1ccccc1. The summed E-state index contributed by atoms with van der Waals surface area (Å²) < 4.78 is 1.69. The summed E-state index contributed by atoms with van der Waals surface area (Å²) >= 11 is 0. The highest BCUT2D eigenvalue weighted by Gasteiger charge is 2.30. The summed E-state index contributed by atoms with van der Waals surface area (Å²) in [6, 6.07) is 18.2. The average Bonchev–Trinajstić information content (AvgIpc) is 3.23. The number of carbonyl (C=O) groups is 1. The van der Waals surface area contributed by atoms with E-state index in [9.17, 15) is 4.79 Å². The number of fused-ring (bicyclic) bond motifs is 1. The molecular formula is C18H18N4O. The topological polar surface area (TPSA) is 51.0 Å². The van der Waals surface area contributed by atoms with Crippen molar-refractivity contribution in [1.29, 1.82) is 0 Å². The van der Waals surface area contributed by atoms with E-state index >= 15 is 0 Å². The summed E-state index contributed by atoms with van der Waals surface area (Å²) in [4.78, 5) is 14.8. The van der Waals surface area contributed by atoms with Crippen LogP contribution in [0.4, 0.5) is 0 Å². The van der Waals surface area contributed by atoms with E-state index in [4.69, 9.17) is 0 Å². The van der Waals surface area contributed by atoms with Gasteiger partial charge < -0.3 is 4.90 Å². The van der Waals surface area contributed by atoms with Crippen molar-refractivity contribution < 1.29 is 4.79 Å². The molecule has 0 radical (unpaired) electrons. The van der Waals surface area contributed by atoms with E-state index in [2.05, 4.69) is 22.4 Å². The normalized spacial score (nSPS) is 17.7. The molecule has 0 saturated carbocycles. The molecule has 0 N–H and O–H groups in total. The minimum Gasteiger partial charge on any atom is -0.334 e. The first-order valence-electron chi connectivity index (χ1n) is 7.95. The zero-order valence-corrected chi connectivity index (χ0v) is 12.8. The van der Waals surface area contributed by atoms with Crippen LogP contribution >= 0.6 is 0 Å². The van der Waals surface area contributed by atoms with Crippen LogP contribution in [0.2, 0.25) is 0 Å². The zero-order chi connectivity index (χ0) is 15.6. The zero-order valence-electron chi connectivity index (χ0n) is 12.8. The van der Waals surface area contributed by atoms with Crippen molar-refractivity contribution in [3.63, 3.8) is 0 Å². The van der Waals surface area contributed by atoms with Crippen molar-refractivity contribution >= 4 is 16.9 Å². The molecule has 23 heavy (non-hydrogen) atoms. The van der Waals surface area contributed by atoms with Gasteiger partial charge >= 0.3 is 0 Å². The van der Waals surface area contributed by atoms with Gasteiger partial charge in [0.15, 0.2) is 0 Å². The third-order valence-corrected chi connectivity index (χ3v) is 4.46. The van der Waals surface area contributed by atoms with Crippen LogP contribution in [0.15, 0.2) is 54.6 Å². The Bertz CT molecular complexity index is 827. The predicted octanol–water partition coefficient (Wildman–Crippen LogP) is 2.80. The number of para-hydroxylation sites is 1. The van der Waals surface area contributed by atoms with Crippen LogP contribution in [0.5, 0.6) is 0 Å². The van der Waals surface area contributed by atoms with E-state index in [0.29, 0.717) is 0 Å². The molecule has 2 heterocycles. The number of amides is 1. The molecule has 0 spiro atoms. The Kier molecular flexibility index (Phi) is 3.54. The number of carbonyl (C=O) groups excluding carboxylic acids is 1. The molecule has 0 unspecified atom stereocenters. The Morgan fingerprint density at radius 2 is 1.87 bits per heavy atom. The Morgan fingerprint density at radius 1 is 1.09 bits per heavy atom. The van der Waals surface area contributed by atoms with E-state index in [1.54, 1.807) is 4.68 Å². The van der Waals surface area contributed by atoms with Crippen LogP contribution in [-0.4, -0.2) is 32.3 Å². The Hall–Kier alpha value is -2.69. The Labute approximate surface area is 134 Å². The van der Waals surface area contributed by atoms with Crippen LogP contribution in [0.25, 0.3) is 11.0 Å². The fourth-order valence-corrected chi connectivity index (χ4v) is 3.34. The Morgan fingerprint density at radius 3 is 2.74 bits per heavy atom. The summed E-state index contributed by atoms with van der Waals surface area (Å²) in [6.45, 7) is 1.05. The minimum atomic E-state index is 0.104. The highest BCUT2D eigenvalue weighted by Crippen LogP contribution is 2.31. The molecule has 1 amide bonds. The van der Waals surface area contributed by atoms with E-state index in [0.717, 1.165) is 30.4 Å². The average molecular weight is 306 g/mol. The molecule has 1 fully saturated rings. The smallest absolute Gasteiger partial charge is 0.244 e. The molecule has 5 heteroatoms. The number of hydrogen-bond donors (Lipinski definition) is 0. The maximum atomic E-state index is 12.8. The van der Waals surface area contributed by atoms with Gasteiger partial charge in [0.25, 0.3) is 0 Å². The summed E-state index contributed by atoms with van der Waals surface area (Å²) in [6.07, 6.45) is 2.07. The quantitative estimate of drug-likeness (QED) is 0.747. The fraction of sp³-hybridized carbons (Fsp3) is 0.278. The maximum absolute atomic E-state index is 12.8. The molecule has 4 rings (SSSR count). The van der Waals surface area contributed by atoms with Gasteiger partial charge in [-0.25, -0.2) is 4.68 Å². The lowest BCUT2D eigenvalue weighted by atomic mass is 10.0. The minimum absolute atomic E-state index is 0.104. The molecule has 0 aliphatic carbocycles. The van der Waals surface area contributed by atoms with E-state index in [1.165, 1.54) is 5.56 Å². The van der Waals surface area contributed by atoms with Gasteiger partial charge in [-0.05, 0) is 30.5 Å². The van der Waals surface area contributed by atoms with Crippen molar-refractivity contribution in [3.05, 3.63) is 60.2 Å². The van der Waals surface area contributed by atoms with Gasteiger partial charge in [0, 0.05) is 6.54 Å². The van der Waals surface area contributed by atoms with Gasteiger partial charge in [-0.1, -0.05) is 47.7 Å². The number of aromatic nitrogens is 3. The molecular weight excluding hydrogens is 288 g/mol. The van der Waals surface area contributed by atoms with Crippen molar-refractivity contribution in [1.82, 2.24) is 19.9 Å². The molecule has 1 aliphatic heterocycles. The second-order valence-electron chi connectivity index (χ2n) is 5.89. The highest BCUT2D eigenvalue weighted by atomic mass is 16.2. The maximum Gasteiger partial charge on any atom is 0.244 e. The molecule has 1 aromatic heterocycles. The summed E-state index contributed by atoms with van der Waals surface area (Å²) in [5.41, 5.74) is 2.93. The molecule has 1 atom stereocenters. The molecule has 5 nitrogen and oxygen atoms in total. The van der Waals surface area contributed by atoms with Gasteiger partial charge in [0.05, 0.1) is 11.6 Å². The molecule has 0 bridgehead atoms. The van der Waals surface area contributed by atoms with Gasteiger partial charge in [-0.2, -0.15) is 0 Å². The van der Waals surface area contributed by atoms with Crippen molar-refractivity contribution in [2.75, 3.05) is 6.54 Å². The molecule has 116 valence electrons. The van der Waals surface area contributed by atoms with Crippen molar-refractivity contribution in [2.45, 2.75) is 25.4 Å². The van der Waals surface area contributed by atoms with Crippen LogP contribution in [0.3, 0.4) is 0 Å². The van der Waals surface area contributed by atoms with E-state index in [1.807, 2.05) is 47.4 Å². The van der Waals surface area contributed by atoms with Gasteiger partial charge in [-0.3, -0.25) is 4.79 Å². The highest BCUT2D eigenvalue weighted by molar-refractivity contribution is 5.80. The molecule has 3 aromatic rings. The van der Waals surface area contributed by atoms with Crippen LogP contribution in [0, 0.1) is 0 Å². The van der Waals surface area contributed by atoms with Gasteiger partial charge in [0.2, 0.25) is 5.91 Å². The summed E-state index contributed by atoms with van der Waals surface area (Å²) in [7, 11) is 0. The van der Waals surface area contributed by atoms with E-state index < -0.39 is 0 Å². The van der Waals surface area contributed by atoms with Crippen LogP contribution < -0.4 is 0 Å². The third kappa shape index (κ3) is 2.59. The number of likely N-dealkylation sites (tertiary alicyclic amines) is 1. The monoisotopic (exact) mass is 306 g/mol. The summed E-state index contributed by atoms with van der Waals surface area (Å²) in [5.74, 6) is 0.104. The fourth-order valence-electron chi connectivity index (χ4n) is 3.34. The largest absolute Gasteiger partial charge is 0.334 e. The first kappa shape index (κ1) is 13.9. The first-order chi connectivity index (χ1) is 11.3. The predicted molar refractivity (Wildman–Crippen MR) is 87.7 cm³/mol. The first-order valence-corrected chi connectivity index (χ1v) is 7.95. The lowest BCUT2D eigenvalue weighted by Crippen LogP contribution is -2.33. The number of nitrogens with zero attached hydrogens (tertiary/aromatic N) is 4. The molecule has 2 aromatic carbocycles. The van der Waals surface area contributed by atoms with Crippen LogP contribution in [-0.2, 0) is 11.3 Å². The number of rotatable bonds is 3. The molecule has 1 saturated heterocycles. The summed E-state index contributed by atoms with van der Waals surface area (Å²) in [5, 5.41) is 8.24. The van der Waals surface area contributed by atoms with Gasteiger partial charge in [0.1, 0.15) is 12.1 Å². The molecule has 1 aliphatic rings. The second kappa shape index (κ2) is 5.83. The number of benzene rings is 2. The van der Waals surface area contributed by atoms with Crippen molar-refractivity contribution in [2.24, 2.45) is 0 Å². The van der Waals surface area contributed by atoms with E-state index in [-0.39, 0.29) is 18.5 Å². The standard InChI is InChI=1S/C18H18N4O/c23-18(13-22-17-10-5-4-9-15(17)19-20-22)21-12-6-11-16(21)14-7-2-1-3-8-14/h1-5,7-10,16H,6,11-13H2/t16-/m0/s1. The van der Waals surface area contributed by atoms with Gasteiger partial charge in [-0.15, -0.1) is 5.10 Å². The Balaban J connectivity index is 1.56. The third-order valence-electron chi connectivity index (χ3n) is 4.46. The van der Waals surface area contributed by atoms with Crippen LogP contribution in [0.1, 0.15) is 24.4 Å².